The van der Waals surface area contributed by atoms with Gasteiger partial charge in [-0.3, -0.25) is 4.79 Å². The number of phenols is 1. The van der Waals surface area contributed by atoms with Crippen molar-refractivity contribution in [3.63, 3.8) is 0 Å². The number of hydrogen-bond acceptors (Lipinski definition) is 4. The zero-order chi connectivity index (χ0) is 15.9. The standard InChI is InChI=1S/C16H15FN2O3/c1-11(12-2-6-14(20)7-3-12)18-19-16(21)10-22-15-8-4-13(17)5-9-15/h2-9,20H,10H2,1H3,(H,19,21)/b18-11+. The molecule has 1 amide bonds. The topological polar surface area (TPSA) is 70.9 Å². The second kappa shape index (κ2) is 7.21. The number of benzene rings is 2. The van der Waals surface area contributed by atoms with Crippen molar-refractivity contribution in [2.24, 2.45) is 5.10 Å². The molecule has 0 atom stereocenters. The normalized spacial score (nSPS) is 11.1. The molecular formula is C16H15FN2O3. The van der Waals surface area contributed by atoms with Crippen molar-refractivity contribution in [3.8, 4) is 11.5 Å². The fraction of sp³-hybridized carbons (Fsp3) is 0.125. The maximum absolute atomic E-state index is 12.7. The van der Waals surface area contributed by atoms with Gasteiger partial charge in [0.2, 0.25) is 0 Å². The Hall–Kier alpha value is -2.89. The van der Waals surface area contributed by atoms with E-state index >= 15 is 0 Å². The molecular weight excluding hydrogens is 287 g/mol. The Morgan fingerprint density at radius 3 is 2.45 bits per heavy atom. The van der Waals surface area contributed by atoms with Crippen molar-refractivity contribution < 1.29 is 19.0 Å². The molecule has 114 valence electrons. The van der Waals surface area contributed by atoms with E-state index in [1.807, 2.05) is 0 Å². The third-order valence-corrected chi connectivity index (χ3v) is 2.82. The van der Waals surface area contributed by atoms with Crippen LogP contribution in [0, 0.1) is 5.82 Å². The molecule has 0 fully saturated rings. The molecule has 0 heterocycles. The van der Waals surface area contributed by atoms with Crippen LogP contribution in [0.5, 0.6) is 11.5 Å². The summed E-state index contributed by atoms with van der Waals surface area (Å²) in [4.78, 5) is 11.6. The lowest BCUT2D eigenvalue weighted by Gasteiger charge is -2.06. The lowest BCUT2D eigenvalue weighted by molar-refractivity contribution is -0.123. The van der Waals surface area contributed by atoms with Crippen LogP contribution in [0.4, 0.5) is 4.39 Å². The lowest BCUT2D eigenvalue weighted by Crippen LogP contribution is -2.25. The highest BCUT2D eigenvalue weighted by molar-refractivity contribution is 5.99. The molecule has 0 aliphatic rings. The van der Waals surface area contributed by atoms with Crippen LogP contribution in [0.25, 0.3) is 0 Å². The summed E-state index contributed by atoms with van der Waals surface area (Å²) in [5.41, 5.74) is 3.73. The molecule has 2 aromatic rings. The number of halogens is 1. The molecule has 2 rings (SSSR count). The largest absolute Gasteiger partial charge is 0.508 e. The number of nitrogens with one attached hydrogen (secondary N) is 1. The van der Waals surface area contributed by atoms with Crippen LogP contribution in [0.2, 0.25) is 0 Å². The number of ether oxygens (including phenoxy) is 1. The molecule has 0 aliphatic carbocycles. The van der Waals surface area contributed by atoms with E-state index in [-0.39, 0.29) is 18.2 Å². The minimum absolute atomic E-state index is 0.160. The van der Waals surface area contributed by atoms with Crippen LogP contribution >= 0.6 is 0 Å². The average Bonchev–Trinajstić information content (AvgIpc) is 2.52. The van der Waals surface area contributed by atoms with Crippen molar-refractivity contribution in [1.82, 2.24) is 5.43 Å². The Labute approximate surface area is 127 Å². The zero-order valence-electron chi connectivity index (χ0n) is 11.9. The van der Waals surface area contributed by atoms with Crippen LogP contribution in [-0.2, 0) is 4.79 Å². The average molecular weight is 302 g/mol. The highest BCUT2D eigenvalue weighted by atomic mass is 19.1. The van der Waals surface area contributed by atoms with Crippen molar-refractivity contribution >= 4 is 11.6 Å². The van der Waals surface area contributed by atoms with Crippen LogP contribution in [0.15, 0.2) is 53.6 Å². The summed E-state index contributed by atoms with van der Waals surface area (Å²) in [5.74, 6) is -0.238. The predicted molar refractivity (Wildman–Crippen MR) is 80.4 cm³/mol. The Bertz CT molecular complexity index is 667. The van der Waals surface area contributed by atoms with Gasteiger partial charge in [-0.1, -0.05) is 0 Å². The third-order valence-electron chi connectivity index (χ3n) is 2.82. The first-order chi connectivity index (χ1) is 10.5. The number of hydrogen-bond donors (Lipinski definition) is 2. The Balaban J connectivity index is 1.85. The lowest BCUT2D eigenvalue weighted by atomic mass is 10.1. The quantitative estimate of drug-likeness (QED) is 0.658. The van der Waals surface area contributed by atoms with Gasteiger partial charge in [0.15, 0.2) is 6.61 Å². The minimum atomic E-state index is -0.428. The molecule has 0 saturated carbocycles. The molecule has 0 bridgehead atoms. The van der Waals surface area contributed by atoms with E-state index < -0.39 is 5.91 Å². The van der Waals surface area contributed by atoms with E-state index in [2.05, 4.69) is 10.5 Å². The van der Waals surface area contributed by atoms with E-state index in [1.54, 1.807) is 19.1 Å². The summed E-state index contributed by atoms with van der Waals surface area (Å²) < 4.78 is 17.9. The Kier molecular flexibility index (Phi) is 5.08. The first-order valence-corrected chi connectivity index (χ1v) is 6.55. The molecule has 0 aromatic heterocycles. The van der Waals surface area contributed by atoms with Gasteiger partial charge in [0.25, 0.3) is 5.91 Å². The van der Waals surface area contributed by atoms with Crippen LogP contribution in [0.1, 0.15) is 12.5 Å². The minimum Gasteiger partial charge on any atom is -0.508 e. The van der Waals surface area contributed by atoms with E-state index in [1.165, 1.54) is 36.4 Å². The van der Waals surface area contributed by atoms with Gasteiger partial charge in [-0.05, 0) is 61.0 Å². The number of rotatable bonds is 5. The maximum atomic E-state index is 12.7. The molecule has 2 aromatic carbocycles. The van der Waals surface area contributed by atoms with E-state index in [9.17, 15) is 14.3 Å². The second-order valence-corrected chi connectivity index (χ2v) is 4.52. The summed E-state index contributed by atoms with van der Waals surface area (Å²) >= 11 is 0. The van der Waals surface area contributed by atoms with E-state index in [0.29, 0.717) is 11.5 Å². The molecule has 2 N–H and O–H groups in total. The number of amides is 1. The molecule has 0 unspecified atom stereocenters. The van der Waals surface area contributed by atoms with Crippen molar-refractivity contribution in [1.29, 1.82) is 0 Å². The third kappa shape index (κ3) is 4.59. The predicted octanol–water partition coefficient (Wildman–Crippen LogP) is 2.45. The van der Waals surface area contributed by atoms with Gasteiger partial charge in [0.05, 0.1) is 5.71 Å². The monoisotopic (exact) mass is 302 g/mol. The van der Waals surface area contributed by atoms with Gasteiger partial charge in [-0.2, -0.15) is 5.10 Å². The van der Waals surface area contributed by atoms with E-state index in [0.717, 1.165) is 5.56 Å². The van der Waals surface area contributed by atoms with Gasteiger partial charge in [0, 0.05) is 0 Å². The first-order valence-electron chi connectivity index (χ1n) is 6.55. The Morgan fingerprint density at radius 1 is 1.18 bits per heavy atom. The highest BCUT2D eigenvalue weighted by Crippen LogP contribution is 2.11. The first kappa shape index (κ1) is 15.5. The summed E-state index contributed by atoms with van der Waals surface area (Å²) in [5, 5.41) is 13.1. The molecule has 6 heteroatoms. The van der Waals surface area contributed by atoms with Gasteiger partial charge < -0.3 is 9.84 Å². The highest BCUT2D eigenvalue weighted by Gasteiger charge is 2.03. The number of phenolic OH excluding ortho intramolecular Hbond substituents is 1. The van der Waals surface area contributed by atoms with Gasteiger partial charge >= 0.3 is 0 Å². The molecule has 22 heavy (non-hydrogen) atoms. The van der Waals surface area contributed by atoms with Gasteiger partial charge in [-0.25, -0.2) is 9.82 Å². The summed E-state index contributed by atoms with van der Waals surface area (Å²) in [6.45, 7) is 1.51. The van der Waals surface area contributed by atoms with Crippen LogP contribution in [-0.4, -0.2) is 23.3 Å². The number of carbonyl (C=O) groups is 1. The number of nitrogens with zero attached hydrogens (tertiary/aromatic N) is 1. The van der Waals surface area contributed by atoms with Crippen molar-refractivity contribution in [2.75, 3.05) is 6.61 Å². The molecule has 0 aliphatic heterocycles. The molecule has 0 saturated heterocycles. The molecule has 0 radical (unpaired) electrons. The molecule has 0 spiro atoms. The zero-order valence-corrected chi connectivity index (χ0v) is 11.9. The second-order valence-electron chi connectivity index (χ2n) is 4.52. The maximum Gasteiger partial charge on any atom is 0.277 e. The Morgan fingerprint density at radius 2 is 1.82 bits per heavy atom. The van der Waals surface area contributed by atoms with Gasteiger partial charge in [-0.15, -0.1) is 0 Å². The van der Waals surface area contributed by atoms with Crippen LogP contribution in [0.3, 0.4) is 0 Å². The molecule has 5 nitrogen and oxygen atoms in total. The van der Waals surface area contributed by atoms with Gasteiger partial charge in [0.1, 0.15) is 17.3 Å². The van der Waals surface area contributed by atoms with Crippen molar-refractivity contribution in [3.05, 3.63) is 59.9 Å². The SMILES string of the molecule is C/C(=N\NC(=O)COc1ccc(F)cc1)c1ccc(O)cc1. The fourth-order valence-corrected chi connectivity index (χ4v) is 1.63. The summed E-state index contributed by atoms with van der Waals surface area (Å²) in [7, 11) is 0. The number of hydrazone groups is 1. The van der Waals surface area contributed by atoms with Crippen molar-refractivity contribution in [2.45, 2.75) is 6.92 Å². The summed E-state index contributed by atoms with van der Waals surface area (Å²) in [6, 6.07) is 11.8. The fourth-order valence-electron chi connectivity index (χ4n) is 1.63. The smallest absolute Gasteiger partial charge is 0.277 e. The number of aromatic hydroxyl groups is 1. The van der Waals surface area contributed by atoms with Crippen LogP contribution < -0.4 is 10.2 Å². The van der Waals surface area contributed by atoms with E-state index in [4.69, 9.17) is 4.74 Å². The number of carbonyl (C=O) groups excluding carboxylic acids is 1. The summed E-state index contributed by atoms with van der Waals surface area (Å²) in [6.07, 6.45) is 0.